The largest absolute Gasteiger partial charge is 0.381 e. The van der Waals surface area contributed by atoms with Crippen LogP contribution >= 0.6 is 0 Å². The summed E-state index contributed by atoms with van der Waals surface area (Å²) in [5, 5.41) is 0.931. The number of ketones is 1. The van der Waals surface area contributed by atoms with Crippen LogP contribution in [0.2, 0.25) is 0 Å². The van der Waals surface area contributed by atoms with Gasteiger partial charge in [-0.25, -0.2) is 15.0 Å². The summed E-state index contributed by atoms with van der Waals surface area (Å²) in [6.07, 6.45) is 11.0. The van der Waals surface area contributed by atoms with Gasteiger partial charge in [0.25, 0.3) is 0 Å². The zero-order valence-electron chi connectivity index (χ0n) is 16.7. The molecule has 0 aromatic carbocycles. The Bertz CT molecular complexity index is 1210. The van der Waals surface area contributed by atoms with Gasteiger partial charge in [-0.1, -0.05) is 0 Å². The molecule has 0 N–H and O–H groups in total. The van der Waals surface area contributed by atoms with Gasteiger partial charge in [0.1, 0.15) is 5.69 Å². The Morgan fingerprint density at radius 2 is 2.03 bits per heavy atom. The lowest BCUT2D eigenvalue weighted by molar-refractivity contribution is 0.0695. The van der Waals surface area contributed by atoms with Gasteiger partial charge >= 0.3 is 0 Å². The third-order valence-electron chi connectivity index (χ3n) is 5.55. The van der Waals surface area contributed by atoms with E-state index >= 15 is 0 Å². The monoisotopic (exact) mass is 402 g/mol. The molecule has 8 heteroatoms. The first-order chi connectivity index (χ1) is 14.7. The molecule has 0 saturated carbocycles. The number of Topliss-reactive ketones (excluding diaryl/α,β-unsaturated/α-hetero) is 1. The van der Waals surface area contributed by atoms with E-state index in [1.165, 1.54) is 0 Å². The molecule has 30 heavy (non-hydrogen) atoms. The van der Waals surface area contributed by atoms with Gasteiger partial charge < -0.3 is 13.9 Å². The maximum atomic E-state index is 12.8. The lowest BCUT2D eigenvalue weighted by Crippen LogP contribution is -2.18. The Balaban J connectivity index is 1.36. The van der Waals surface area contributed by atoms with Crippen molar-refractivity contribution in [3.8, 4) is 11.4 Å². The maximum Gasteiger partial charge on any atom is 0.188 e. The van der Waals surface area contributed by atoms with Crippen LogP contribution in [-0.4, -0.2) is 48.1 Å². The number of fused-ring (bicyclic) bond motifs is 1. The Morgan fingerprint density at radius 1 is 1.17 bits per heavy atom. The van der Waals surface area contributed by atoms with E-state index in [1.54, 1.807) is 25.0 Å². The highest BCUT2D eigenvalue weighted by molar-refractivity contribution is 5.95. The highest BCUT2D eigenvalue weighted by Crippen LogP contribution is 2.22. The summed E-state index contributed by atoms with van der Waals surface area (Å²) in [6, 6.07) is 6.16. The number of imidazole rings is 2. The van der Waals surface area contributed by atoms with Crippen LogP contribution in [-0.2, 0) is 18.2 Å². The Kier molecular flexibility index (Phi) is 4.84. The second-order valence-electron chi connectivity index (χ2n) is 7.60. The van der Waals surface area contributed by atoms with Gasteiger partial charge in [-0.05, 0) is 31.0 Å². The van der Waals surface area contributed by atoms with Gasteiger partial charge in [0, 0.05) is 44.1 Å². The molecule has 1 saturated heterocycles. The van der Waals surface area contributed by atoms with Crippen molar-refractivity contribution in [1.29, 1.82) is 0 Å². The first-order valence-electron chi connectivity index (χ1n) is 10.0. The number of hydrogen-bond acceptors (Lipinski definition) is 6. The second-order valence-corrected chi connectivity index (χ2v) is 7.60. The minimum absolute atomic E-state index is 0.0459. The van der Waals surface area contributed by atoms with Crippen molar-refractivity contribution in [3.05, 3.63) is 60.8 Å². The van der Waals surface area contributed by atoms with E-state index in [-0.39, 0.29) is 12.2 Å². The fourth-order valence-corrected chi connectivity index (χ4v) is 3.82. The quantitative estimate of drug-likeness (QED) is 0.477. The number of pyridine rings is 2. The van der Waals surface area contributed by atoms with Gasteiger partial charge in [-0.2, -0.15) is 0 Å². The zero-order chi connectivity index (χ0) is 20.5. The molecule has 1 fully saturated rings. The van der Waals surface area contributed by atoms with E-state index in [2.05, 4.69) is 15.0 Å². The van der Waals surface area contributed by atoms with Crippen LogP contribution in [0.15, 0.2) is 49.4 Å². The molecule has 1 aliphatic rings. The standard InChI is InChI=1S/C22H22N6O2/c1-27-13-23-11-21(27)18-3-2-15-10-24-16(8-19(15)26-18)9-22(29)20-12-28(14-25-20)17-4-6-30-7-5-17/h2-3,8,10-14,17H,4-7,9H2,1H3. The number of aryl methyl sites for hydroxylation is 1. The molecule has 0 radical (unpaired) electrons. The summed E-state index contributed by atoms with van der Waals surface area (Å²) in [5.41, 5.74) is 3.73. The summed E-state index contributed by atoms with van der Waals surface area (Å²) < 4.78 is 9.37. The van der Waals surface area contributed by atoms with Crippen molar-refractivity contribution in [2.75, 3.05) is 13.2 Å². The molecule has 0 spiro atoms. The average Bonchev–Trinajstić information content (AvgIpc) is 3.43. The molecule has 8 nitrogen and oxygen atoms in total. The lowest BCUT2D eigenvalue weighted by atomic mass is 10.1. The van der Waals surface area contributed by atoms with Crippen LogP contribution in [0.1, 0.15) is 35.1 Å². The van der Waals surface area contributed by atoms with Gasteiger partial charge in [-0.15, -0.1) is 0 Å². The third-order valence-corrected chi connectivity index (χ3v) is 5.55. The van der Waals surface area contributed by atoms with Gasteiger partial charge in [0.2, 0.25) is 0 Å². The highest BCUT2D eigenvalue weighted by atomic mass is 16.5. The van der Waals surface area contributed by atoms with E-state index in [0.29, 0.717) is 17.4 Å². The first-order valence-corrected chi connectivity index (χ1v) is 10.0. The van der Waals surface area contributed by atoms with E-state index in [9.17, 15) is 4.79 Å². The second kappa shape index (κ2) is 7.79. The number of rotatable bonds is 5. The fourth-order valence-electron chi connectivity index (χ4n) is 3.82. The molecule has 0 amide bonds. The van der Waals surface area contributed by atoms with Crippen molar-refractivity contribution in [3.63, 3.8) is 0 Å². The predicted molar refractivity (Wildman–Crippen MR) is 111 cm³/mol. The summed E-state index contributed by atoms with van der Waals surface area (Å²) in [6.45, 7) is 1.50. The van der Waals surface area contributed by atoms with E-state index in [1.807, 2.05) is 40.6 Å². The van der Waals surface area contributed by atoms with Crippen molar-refractivity contribution in [2.45, 2.75) is 25.3 Å². The highest BCUT2D eigenvalue weighted by Gasteiger charge is 2.18. The molecule has 5 rings (SSSR count). The minimum Gasteiger partial charge on any atom is -0.381 e. The first kappa shape index (κ1) is 18.6. The van der Waals surface area contributed by atoms with Crippen LogP contribution in [0, 0.1) is 0 Å². The number of aromatic nitrogens is 6. The number of nitrogens with zero attached hydrogens (tertiary/aromatic N) is 6. The number of carbonyl (C=O) groups is 1. The van der Waals surface area contributed by atoms with E-state index < -0.39 is 0 Å². The van der Waals surface area contributed by atoms with Crippen LogP contribution in [0.3, 0.4) is 0 Å². The topological polar surface area (TPSA) is 87.7 Å². The van der Waals surface area contributed by atoms with Gasteiger partial charge in [0.05, 0.1) is 47.9 Å². The van der Waals surface area contributed by atoms with Crippen molar-refractivity contribution in [2.24, 2.45) is 7.05 Å². The average molecular weight is 402 g/mol. The number of hydrogen-bond donors (Lipinski definition) is 0. The molecule has 0 unspecified atom stereocenters. The molecule has 1 aliphatic heterocycles. The van der Waals surface area contributed by atoms with Gasteiger partial charge in [-0.3, -0.25) is 9.78 Å². The van der Waals surface area contributed by atoms with Crippen molar-refractivity contribution < 1.29 is 9.53 Å². The minimum atomic E-state index is -0.0459. The van der Waals surface area contributed by atoms with Crippen LogP contribution < -0.4 is 0 Å². The van der Waals surface area contributed by atoms with Crippen LogP contribution in [0.5, 0.6) is 0 Å². The number of carbonyl (C=O) groups excluding carboxylic acids is 1. The number of ether oxygens (including phenoxy) is 1. The Hall–Kier alpha value is -3.39. The summed E-state index contributed by atoms with van der Waals surface area (Å²) >= 11 is 0. The van der Waals surface area contributed by atoms with Crippen LogP contribution in [0.4, 0.5) is 0 Å². The third kappa shape index (κ3) is 3.61. The van der Waals surface area contributed by atoms with Crippen molar-refractivity contribution in [1.82, 2.24) is 29.1 Å². The molecule has 0 atom stereocenters. The predicted octanol–water partition coefficient (Wildman–Crippen LogP) is 3.00. The maximum absolute atomic E-state index is 12.8. The smallest absolute Gasteiger partial charge is 0.188 e. The summed E-state index contributed by atoms with van der Waals surface area (Å²) in [4.78, 5) is 30.4. The molecular weight excluding hydrogens is 380 g/mol. The molecule has 4 aromatic heterocycles. The molecule has 0 bridgehead atoms. The fraction of sp³-hybridized carbons (Fsp3) is 0.318. The molecule has 152 valence electrons. The molecular formula is C22H22N6O2. The van der Waals surface area contributed by atoms with E-state index in [4.69, 9.17) is 9.72 Å². The SMILES string of the molecule is Cn1cncc1-c1ccc2cnc(CC(=O)c3cn(C4CCOCC4)cn3)cc2n1. The lowest BCUT2D eigenvalue weighted by Gasteiger charge is -2.22. The summed E-state index contributed by atoms with van der Waals surface area (Å²) in [5.74, 6) is -0.0459. The summed E-state index contributed by atoms with van der Waals surface area (Å²) in [7, 11) is 1.93. The zero-order valence-corrected chi connectivity index (χ0v) is 16.7. The Morgan fingerprint density at radius 3 is 2.83 bits per heavy atom. The van der Waals surface area contributed by atoms with Crippen molar-refractivity contribution >= 4 is 16.7 Å². The van der Waals surface area contributed by atoms with Gasteiger partial charge in [0.15, 0.2) is 5.78 Å². The van der Waals surface area contributed by atoms with E-state index in [0.717, 1.165) is 48.3 Å². The normalized spacial score (nSPS) is 15.0. The Labute approximate surface area is 173 Å². The molecule has 0 aliphatic carbocycles. The molecule has 5 heterocycles. The van der Waals surface area contributed by atoms with Crippen LogP contribution in [0.25, 0.3) is 22.3 Å². The molecule has 4 aromatic rings.